The number of fused-ring (bicyclic) bond motifs is 2. The van der Waals surface area contributed by atoms with Crippen LogP contribution in [0.5, 0.6) is 0 Å². The molecule has 3 heterocycles. The number of pyridine rings is 1. The Bertz CT molecular complexity index is 1440. The van der Waals surface area contributed by atoms with Crippen LogP contribution in [0.25, 0.3) is 22.4 Å². The van der Waals surface area contributed by atoms with Crippen molar-refractivity contribution < 1.29 is 27.3 Å². The van der Waals surface area contributed by atoms with E-state index in [1.54, 1.807) is 25.1 Å². The van der Waals surface area contributed by atoms with Gasteiger partial charge in [-0.2, -0.15) is 13.2 Å². The van der Waals surface area contributed by atoms with E-state index in [0.717, 1.165) is 17.7 Å². The summed E-state index contributed by atoms with van der Waals surface area (Å²) in [6.45, 7) is 1.64. The quantitative estimate of drug-likeness (QED) is 0.458. The summed E-state index contributed by atoms with van der Waals surface area (Å²) < 4.78 is 44.7. The zero-order chi connectivity index (χ0) is 23.3. The minimum absolute atomic E-state index is 0.0359. The number of halogens is 3. The summed E-state index contributed by atoms with van der Waals surface area (Å²) in [5.41, 5.74) is 1.96. The van der Waals surface area contributed by atoms with Crippen LogP contribution in [-0.4, -0.2) is 22.0 Å². The lowest BCUT2D eigenvalue weighted by molar-refractivity contribution is -0.137. The number of hydrogen-bond acceptors (Lipinski definition) is 5. The van der Waals surface area contributed by atoms with E-state index in [9.17, 15) is 22.8 Å². The van der Waals surface area contributed by atoms with Crippen LogP contribution in [0.1, 0.15) is 27.2 Å². The average Bonchev–Trinajstić information content (AvgIpc) is 3.33. The van der Waals surface area contributed by atoms with E-state index in [1.807, 2.05) is 0 Å². The van der Waals surface area contributed by atoms with E-state index in [-0.39, 0.29) is 34.9 Å². The Kier molecular flexibility index (Phi) is 4.66. The number of amides is 2. The highest BCUT2D eigenvalue weighted by atomic mass is 19.4. The predicted octanol–water partition coefficient (Wildman–Crippen LogP) is 4.96. The number of hydrogen-bond donors (Lipinski definition) is 2. The zero-order valence-corrected chi connectivity index (χ0v) is 17.1. The Morgan fingerprint density at radius 3 is 2.76 bits per heavy atom. The molecule has 166 valence electrons. The van der Waals surface area contributed by atoms with Crippen LogP contribution in [0.3, 0.4) is 0 Å². The summed E-state index contributed by atoms with van der Waals surface area (Å²) in [6.07, 6.45) is -4.25. The standard InChI is InChI=1S/C23H15F3N4O3/c1-11-20-16(21(32)27-15-6-5-13-8-19(31)28-17(13)9-15)10-18(29-22(20)33-30-11)12-3-2-4-14(7-12)23(24,25)26/h2-7,9-10H,8H2,1H3,(H,27,32)(H,28,31). The van der Waals surface area contributed by atoms with E-state index < -0.39 is 17.6 Å². The number of alkyl halides is 3. The van der Waals surface area contributed by atoms with E-state index in [4.69, 9.17) is 4.52 Å². The first-order valence-corrected chi connectivity index (χ1v) is 9.88. The zero-order valence-electron chi connectivity index (χ0n) is 17.1. The first kappa shape index (κ1) is 20.7. The molecule has 2 aromatic heterocycles. The summed E-state index contributed by atoms with van der Waals surface area (Å²) in [5.74, 6) is -0.652. The van der Waals surface area contributed by atoms with Crippen molar-refractivity contribution in [3.8, 4) is 11.3 Å². The summed E-state index contributed by atoms with van der Waals surface area (Å²) in [5, 5.41) is 9.68. The highest BCUT2D eigenvalue weighted by Crippen LogP contribution is 2.34. The average molecular weight is 452 g/mol. The first-order valence-electron chi connectivity index (χ1n) is 9.88. The third-order valence-electron chi connectivity index (χ3n) is 5.34. The van der Waals surface area contributed by atoms with E-state index >= 15 is 0 Å². The van der Waals surface area contributed by atoms with Gasteiger partial charge in [-0.1, -0.05) is 23.4 Å². The largest absolute Gasteiger partial charge is 0.416 e. The van der Waals surface area contributed by atoms with Crippen molar-refractivity contribution in [2.45, 2.75) is 19.5 Å². The highest BCUT2D eigenvalue weighted by Gasteiger charge is 2.31. The van der Waals surface area contributed by atoms with E-state index in [2.05, 4.69) is 20.8 Å². The van der Waals surface area contributed by atoms with Gasteiger partial charge in [0, 0.05) is 16.9 Å². The number of aryl methyl sites for hydroxylation is 1. The minimum Gasteiger partial charge on any atom is -0.335 e. The predicted molar refractivity (Wildman–Crippen MR) is 114 cm³/mol. The third-order valence-corrected chi connectivity index (χ3v) is 5.34. The second-order valence-corrected chi connectivity index (χ2v) is 7.63. The van der Waals surface area contributed by atoms with Gasteiger partial charge in [-0.3, -0.25) is 9.59 Å². The maximum absolute atomic E-state index is 13.2. The molecule has 0 atom stereocenters. The Labute approximate surface area is 184 Å². The van der Waals surface area contributed by atoms with Gasteiger partial charge in [-0.25, -0.2) is 4.98 Å². The minimum atomic E-state index is -4.52. The molecular weight excluding hydrogens is 437 g/mol. The molecule has 0 spiro atoms. The normalized spacial score (nSPS) is 13.2. The van der Waals surface area contributed by atoms with Crippen molar-refractivity contribution in [2.24, 2.45) is 0 Å². The molecule has 0 aliphatic carbocycles. The maximum atomic E-state index is 13.2. The molecule has 0 unspecified atom stereocenters. The van der Waals surface area contributed by atoms with Gasteiger partial charge in [0.15, 0.2) is 0 Å². The number of nitrogens with zero attached hydrogens (tertiary/aromatic N) is 2. The second kappa shape index (κ2) is 7.44. The molecule has 0 bridgehead atoms. The lowest BCUT2D eigenvalue weighted by atomic mass is 10.0. The van der Waals surface area contributed by atoms with Crippen LogP contribution < -0.4 is 10.6 Å². The molecule has 0 saturated carbocycles. The van der Waals surface area contributed by atoms with Crippen molar-refractivity contribution in [1.82, 2.24) is 10.1 Å². The SMILES string of the molecule is Cc1noc2nc(-c3cccc(C(F)(F)F)c3)cc(C(=O)Nc3ccc4c(c3)NC(=O)C4)c12. The molecule has 1 aliphatic rings. The molecule has 5 rings (SSSR count). The number of benzene rings is 2. The molecular formula is C23H15F3N4O3. The van der Waals surface area contributed by atoms with Gasteiger partial charge in [0.2, 0.25) is 5.91 Å². The fourth-order valence-corrected chi connectivity index (χ4v) is 3.77. The highest BCUT2D eigenvalue weighted by molar-refractivity contribution is 6.13. The van der Waals surface area contributed by atoms with Gasteiger partial charge in [-0.05, 0) is 42.8 Å². The van der Waals surface area contributed by atoms with Crippen LogP contribution >= 0.6 is 0 Å². The fraction of sp³-hybridized carbons (Fsp3) is 0.130. The molecule has 0 saturated heterocycles. The molecule has 2 aromatic carbocycles. The number of nitrogens with one attached hydrogen (secondary N) is 2. The van der Waals surface area contributed by atoms with Crippen LogP contribution in [0.15, 0.2) is 53.1 Å². The molecule has 1 aliphatic heterocycles. The Morgan fingerprint density at radius 1 is 1.15 bits per heavy atom. The van der Waals surface area contributed by atoms with Gasteiger partial charge in [0.25, 0.3) is 11.6 Å². The van der Waals surface area contributed by atoms with Gasteiger partial charge >= 0.3 is 6.18 Å². The molecule has 7 nitrogen and oxygen atoms in total. The van der Waals surface area contributed by atoms with Gasteiger partial charge in [0.05, 0.1) is 34.3 Å². The summed E-state index contributed by atoms with van der Waals surface area (Å²) >= 11 is 0. The lowest BCUT2D eigenvalue weighted by Crippen LogP contribution is -2.13. The van der Waals surface area contributed by atoms with Crippen molar-refractivity contribution >= 4 is 34.3 Å². The topological polar surface area (TPSA) is 97.1 Å². The summed E-state index contributed by atoms with van der Waals surface area (Å²) in [6, 6.07) is 11.1. The van der Waals surface area contributed by atoms with Crippen molar-refractivity contribution in [2.75, 3.05) is 10.6 Å². The van der Waals surface area contributed by atoms with Gasteiger partial charge in [-0.15, -0.1) is 0 Å². The lowest BCUT2D eigenvalue weighted by Gasteiger charge is -2.11. The maximum Gasteiger partial charge on any atom is 0.416 e. The number of anilines is 2. The number of rotatable bonds is 3. The van der Waals surface area contributed by atoms with Crippen molar-refractivity contribution in [3.63, 3.8) is 0 Å². The molecule has 0 radical (unpaired) electrons. The van der Waals surface area contributed by atoms with Crippen LogP contribution in [0.4, 0.5) is 24.5 Å². The molecule has 2 N–H and O–H groups in total. The Morgan fingerprint density at radius 2 is 1.97 bits per heavy atom. The molecule has 4 aromatic rings. The summed E-state index contributed by atoms with van der Waals surface area (Å²) in [4.78, 5) is 29.0. The van der Waals surface area contributed by atoms with Gasteiger partial charge in [0.1, 0.15) is 0 Å². The summed E-state index contributed by atoms with van der Waals surface area (Å²) in [7, 11) is 0. The van der Waals surface area contributed by atoms with E-state index in [0.29, 0.717) is 22.5 Å². The smallest absolute Gasteiger partial charge is 0.335 e. The van der Waals surface area contributed by atoms with Crippen LogP contribution in [0.2, 0.25) is 0 Å². The molecule has 0 fully saturated rings. The third kappa shape index (κ3) is 3.79. The van der Waals surface area contributed by atoms with Crippen molar-refractivity contribution in [1.29, 1.82) is 0 Å². The van der Waals surface area contributed by atoms with E-state index in [1.165, 1.54) is 18.2 Å². The van der Waals surface area contributed by atoms with Crippen LogP contribution in [-0.2, 0) is 17.4 Å². The molecule has 10 heteroatoms. The fourth-order valence-electron chi connectivity index (χ4n) is 3.77. The molecule has 33 heavy (non-hydrogen) atoms. The Balaban J connectivity index is 1.55. The van der Waals surface area contributed by atoms with Gasteiger partial charge < -0.3 is 15.2 Å². The second-order valence-electron chi connectivity index (χ2n) is 7.63. The Hall–Kier alpha value is -4.21. The molecule has 2 amide bonds. The monoisotopic (exact) mass is 452 g/mol. The number of carbonyl (C=O) groups is 2. The van der Waals surface area contributed by atoms with Crippen molar-refractivity contribution in [3.05, 3.63) is 70.9 Å². The number of carbonyl (C=O) groups excluding carboxylic acids is 2. The van der Waals surface area contributed by atoms with Crippen LogP contribution in [0, 0.1) is 6.92 Å². The number of aromatic nitrogens is 2. The first-order chi connectivity index (χ1) is 15.7.